The molecule has 4 aromatic rings. The van der Waals surface area contributed by atoms with Crippen molar-refractivity contribution in [2.75, 3.05) is 31.1 Å². The molecule has 0 radical (unpaired) electrons. The van der Waals surface area contributed by atoms with Crippen LogP contribution in [0.1, 0.15) is 47.8 Å². The van der Waals surface area contributed by atoms with Gasteiger partial charge in [-0.05, 0) is 51.0 Å². The van der Waals surface area contributed by atoms with Gasteiger partial charge in [-0.15, -0.1) is 0 Å². The Bertz CT molecular complexity index is 1470. The van der Waals surface area contributed by atoms with Crippen LogP contribution in [0.25, 0.3) is 22.3 Å². The number of pyridine rings is 2. The Morgan fingerprint density at radius 3 is 2.69 bits per heavy atom. The highest BCUT2D eigenvalue weighted by Gasteiger charge is 2.26. The van der Waals surface area contributed by atoms with Crippen LogP contribution >= 0.6 is 0 Å². The maximum Gasteiger partial charge on any atom is 0.254 e. The summed E-state index contributed by atoms with van der Waals surface area (Å²) in [6, 6.07) is 15.9. The van der Waals surface area contributed by atoms with Crippen molar-refractivity contribution in [3.63, 3.8) is 0 Å². The molecule has 1 amide bonds. The number of aryl methyl sites for hydroxylation is 1. The van der Waals surface area contributed by atoms with Crippen LogP contribution in [0.5, 0.6) is 0 Å². The average molecular weight is 480 g/mol. The van der Waals surface area contributed by atoms with Crippen molar-refractivity contribution in [1.82, 2.24) is 24.6 Å². The molecule has 4 heterocycles. The zero-order valence-electron chi connectivity index (χ0n) is 20.8. The number of hydrogen-bond donors (Lipinski definition) is 0. The summed E-state index contributed by atoms with van der Waals surface area (Å²) in [5, 5.41) is 14.8. The number of nitriles is 1. The average Bonchev–Trinajstić information content (AvgIpc) is 3.18. The van der Waals surface area contributed by atoms with Crippen molar-refractivity contribution in [3.8, 4) is 17.3 Å². The van der Waals surface area contributed by atoms with Crippen molar-refractivity contribution in [3.05, 3.63) is 71.5 Å². The minimum absolute atomic E-state index is 0.0242. The quantitative estimate of drug-likeness (QED) is 0.425. The maximum atomic E-state index is 14.0. The molecule has 0 atom stereocenters. The molecule has 3 aromatic heterocycles. The van der Waals surface area contributed by atoms with Crippen molar-refractivity contribution < 1.29 is 4.79 Å². The summed E-state index contributed by atoms with van der Waals surface area (Å²) in [6.07, 6.45) is 4.25. The van der Waals surface area contributed by atoms with Gasteiger partial charge in [0.25, 0.3) is 5.91 Å². The third-order valence-corrected chi connectivity index (χ3v) is 6.70. The first kappa shape index (κ1) is 23.5. The van der Waals surface area contributed by atoms with Crippen LogP contribution in [0.4, 0.5) is 5.82 Å². The molecule has 36 heavy (non-hydrogen) atoms. The lowest BCUT2D eigenvalue weighted by molar-refractivity contribution is 0.0769. The lowest BCUT2D eigenvalue weighted by Crippen LogP contribution is -2.35. The Labute approximate surface area is 210 Å². The molecule has 1 saturated heterocycles. The number of carbonyl (C=O) groups excluding carboxylic acids is 1. The largest absolute Gasteiger partial charge is 0.354 e. The molecule has 1 fully saturated rings. The maximum absolute atomic E-state index is 14.0. The molecular formula is C28H29N7O. The monoisotopic (exact) mass is 479 g/mol. The van der Waals surface area contributed by atoms with Crippen LogP contribution < -0.4 is 4.90 Å². The van der Waals surface area contributed by atoms with Crippen LogP contribution in [-0.4, -0.2) is 56.7 Å². The van der Waals surface area contributed by atoms with Gasteiger partial charge >= 0.3 is 0 Å². The molecule has 1 aliphatic rings. The first-order valence-electron chi connectivity index (χ1n) is 12.3. The van der Waals surface area contributed by atoms with Crippen molar-refractivity contribution in [1.29, 1.82) is 5.26 Å². The molecule has 0 unspecified atom stereocenters. The molecule has 8 nitrogen and oxygen atoms in total. The summed E-state index contributed by atoms with van der Waals surface area (Å²) >= 11 is 0. The van der Waals surface area contributed by atoms with Gasteiger partial charge in [-0.3, -0.25) is 4.79 Å². The number of amides is 1. The van der Waals surface area contributed by atoms with E-state index in [-0.39, 0.29) is 11.9 Å². The lowest BCUT2D eigenvalue weighted by atomic mass is 10.0. The predicted octanol–water partition coefficient (Wildman–Crippen LogP) is 4.61. The number of nitrogens with zero attached hydrogens (tertiary/aromatic N) is 7. The van der Waals surface area contributed by atoms with Crippen LogP contribution in [0.2, 0.25) is 0 Å². The summed E-state index contributed by atoms with van der Waals surface area (Å²) in [5.41, 5.74) is 4.78. The van der Waals surface area contributed by atoms with Crippen molar-refractivity contribution in [2.24, 2.45) is 0 Å². The first-order valence-corrected chi connectivity index (χ1v) is 12.3. The Morgan fingerprint density at radius 1 is 1.08 bits per heavy atom. The van der Waals surface area contributed by atoms with E-state index in [9.17, 15) is 10.1 Å². The highest BCUT2D eigenvalue weighted by Crippen LogP contribution is 2.29. The van der Waals surface area contributed by atoms with Crippen LogP contribution in [0.3, 0.4) is 0 Å². The fraction of sp³-hybridized carbons (Fsp3) is 0.321. The number of anilines is 1. The van der Waals surface area contributed by atoms with E-state index < -0.39 is 0 Å². The van der Waals surface area contributed by atoms with E-state index >= 15 is 0 Å². The van der Waals surface area contributed by atoms with Crippen LogP contribution in [0, 0.1) is 18.3 Å². The molecule has 1 aliphatic heterocycles. The molecule has 0 N–H and O–H groups in total. The Hall–Kier alpha value is -4.25. The number of benzene rings is 1. The predicted molar refractivity (Wildman–Crippen MR) is 140 cm³/mol. The smallest absolute Gasteiger partial charge is 0.254 e. The Morgan fingerprint density at radius 2 is 1.92 bits per heavy atom. The molecule has 182 valence electrons. The second-order valence-corrected chi connectivity index (χ2v) is 9.41. The van der Waals surface area contributed by atoms with E-state index in [0.717, 1.165) is 40.8 Å². The van der Waals surface area contributed by atoms with Crippen LogP contribution in [-0.2, 0) is 0 Å². The van der Waals surface area contributed by atoms with Gasteiger partial charge in [0.05, 0.1) is 28.4 Å². The third-order valence-electron chi connectivity index (χ3n) is 6.70. The summed E-state index contributed by atoms with van der Waals surface area (Å²) in [4.78, 5) is 27.3. The first-order chi connectivity index (χ1) is 17.5. The Kier molecular flexibility index (Phi) is 6.38. The molecule has 0 aliphatic carbocycles. The molecule has 1 aromatic carbocycles. The zero-order chi connectivity index (χ0) is 25.2. The van der Waals surface area contributed by atoms with Crippen LogP contribution in [0.15, 0.2) is 54.9 Å². The summed E-state index contributed by atoms with van der Waals surface area (Å²) in [7, 11) is 0. The van der Waals surface area contributed by atoms with Gasteiger partial charge in [0.1, 0.15) is 11.9 Å². The highest BCUT2D eigenvalue weighted by atomic mass is 16.2. The fourth-order valence-corrected chi connectivity index (χ4v) is 4.81. The molecule has 5 rings (SSSR count). The van der Waals surface area contributed by atoms with Crippen molar-refractivity contribution >= 4 is 22.8 Å². The van der Waals surface area contributed by atoms with Gasteiger partial charge in [0.2, 0.25) is 0 Å². The summed E-state index contributed by atoms with van der Waals surface area (Å²) in [6.45, 7) is 8.70. The number of rotatable bonds is 4. The van der Waals surface area contributed by atoms with Gasteiger partial charge < -0.3 is 9.80 Å². The van der Waals surface area contributed by atoms with E-state index in [1.165, 1.54) is 0 Å². The number of carbonyl (C=O) groups is 1. The Balaban J connectivity index is 1.51. The van der Waals surface area contributed by atoms with Gasteiger partial charge in [-0.25, -0.2) is 14.6 Å². The van der Waals surface area contributed by atoms with Gasteiger partial charge in [-0.2, -0.15) is 10.4 Å². The fourth-order valence-electron chi connectivity index (χ4n) is 4.81. The second-order valence-electron chi connectivity index (χ2n) is 9.41. The zero-order valence-corrected chi connectivity index (χ0v) is 20.8. The SMILES string of the molecule is Cc1ccccc1-c1cc(C(=O)N2CCCN(c3ncccc3C#N)CC2)c2cnn(C(C)C)c2n1. The van der Waals surface area contributed by atoms with E-state index in [2.05, 4.69) is 47.9 Å². The van der Waals surface area contributed by atoms with Gasteiger partial charge in [0.15, 0.2) is 5.65 Å². The summed E-state index contributed by atoms with van der Waals surface area (Å²) in [5.74, 6) is 0.657. The molecule has 8 heteroatoms. The molecular weight excluding hydrogens is 450 g/mol. The number of fused-ring (bicyclic) bond motifs is 1. The number of hydrogen-bond acceptors (Lipinski definition) is 6. The topological polar surface area (TPSA) is 90.9 Å². The standard InChI is InChI=1S/C28H29N7O/c1-19(2)35-27-24(18-31-35)23(16-25(32-27)22-10-5-4-8-20(22)3)28(36)34-13-7-12-33(14-15-34)26-21(17-29)9-6-11-30-26/h4-6,8-11,16,18-19H,7,12-15H2,1-3H3. The van der Waals surface area contributed by atoms with Crippen molar-refractivity contribution in [2.45, 2.75) is 33.2 Å². The molecule has 0 saturated carbocycles. The van der Waals surface area contributed by atoms with Gasteiger partial charge in [0, 0.05) is 44.0 Å². The molecule has 0 spiro atoms. The third kappa shape index (κ3) is 4.29. The minimum Gasteiger partial charge on any atom is -0.354 e. The normalized spacial score (nSPS) is 14.2. The highest BCUT2D eigenvalue weighted by molar-refractivity contribution is 6.06. The second kappa shape index (κ2) is 9.78. The minimum atomic E-state index is -0.0242. The number of aromatic nitrogens is 4. The van der Waals surface area contributed by atoms with E-state index in [4.69, 9.17) is 4.98 Å². The van der Waals surface area contributed by atoms with E-state index in [0.29, 0.717) is 36.6 Å². The van der Waals surface area contributed by atoms with E-state index in [1.807, 2.05) is 33.8 Å². The van der Waals surface area contributed by atoms with E-state index in [1.54, 1.807) is 24.5 Å². The lowest BCUT2D eigenvalue weighted by Gasteiger charge is -2.24. The summed E-state index contributed by atoms with van der Waals surface area (Å²) < 4.78 is 1.88. The van der Waals surface area contributed by atoms with Gasteiger partial charge in [-0.1, -0.05) is 24.3 Å². The molecule has 0 bridgehead atoms.